The molecule has 0 heterocycles. The number of carboxylic acids is 3. The summed E-state index contributed by atoms with van der Waals surface area (Å²) in [6.45, 7) is -1.06. The molecule has 0 unspecified atom stereocenters. The standard InChI is InChI=1S/3C3H4NO3P.3Na/c3*5-3(6)1-4-2-8-7;;;/h3*4H,1H2,(H,5,6);;;/q;;;3*+1/p-3. The van der Waals surface area contributed by atoms with E-state index in [1.165, 1.54) is 0 Å². The quantitative estimate of drug-likeness (QED) is 0.190. The summed E-state index contributed by atoms with van der Waals surface area (Å²) < 4.78 is 28.5. The van der Waals surface area contributed by atoms with Crippen LogP contribution < -0.4 is 120 Å². The molecule has 0 fully saturated rings. The van der Waals surface area contributed by atoms with Crippen LogP contribution in [0, 0.1) is 17.3 Å². The molecule has 132 valence electrons. The second kappa shape index (κ2) is 38.0. The molecule has 0 rings (SSSR count). The van der Waals surface area contributed by atoms with Gasteiger partial charge in [-0.05, 0) is 0 Å². The molecule has 0 radical (unpaired) electrons. The molecule has 0 saturated heterocycles. The van der Waals surface area contributed by atoms with Crippen LogP contribution in [0.5, 0.6) is 0 Å². The summed E-state index contributed by atoms with van der Waals surface area (Å²) in [5.41, 5.74) is 0. The summed E-state index contributed by atoms with van der Waals surface area (Å²) in [5, 5.41) is 35.0. The third-order valence-corrected chi connectivity index (χ3v) is 1.82. The molecule has 0 amide bonds. The van der Waals surface area contributed by atoms with E-state index in [9.17, 15) is 43.4 Å². The first-order chi connectivity index (χ1) is 11.3. The largest absolute Gasteiger partial charge is 1.00 e. The maximum atomic E-state index is 9.56. The van der Waals surface area contributed by atoms with Gasteiger partial charge in [-0.15, -0.1) is 0 Å². The van der Waals surface area contributed by atoms with Crippen LogP contribution in [-0.4, -0.2) is 37.5 Å². The smallest absolute Gasteiger partial charge is 1.00 e. The maximum Gasteiger partial charge on any atom is 1.00 e. The number of rotatable bonds is 6. The van der Waals surface area contributed by atoms with Gasteiger partial charge in [0.05, 0.1) is 0 Å². The van der Waals surface area contributed by atoms with Crippen molar-refractivity contribution in [3.8, 4) is 17.3 Å². The fraction of sp³-hybridized carbons (Fsp3) is 0.333. The number of hydrogen-bond acceptors (Lipinski definition) is 12. The van der Waals surface area contributed by atoms with Gasteiger partial charge in [0, 0.05) is 0 Å². The normalized spacial score (nSPS) is 6.67. The van der Waals surface area contributed by atoms with Crippen molar-refractivity contribution in [3.05, 3.63) is 0 Å². The van der Waals surface area contributed by atoms with Crippen molar-refractivity contribution in [1.82, 2.24) is 16.0 Å². The zero-order valence-electron chi connectivity index (χ0n) is 14.6. The van der Waals surface area contributed by atoms with Gasteiger partial charge in [-0.25, -0.2) is 0 Å². The summed E-state index contributed by atoms with van der Waals surface area (Å²) in [5.74, 6) is 2.33. The molecule has 0 saturated carbocycles. The minimum Gasteiger partial charge on any atom is 1.00 e. The van der Waals surface area contributed by atoms with Crippen LogP contribution in [0.1, 0.15) is 0 Å². The summed E-state index contributed by atoms with van der Waals surface area (Å²) in [7, 11) is -1.06. The molecule has 0 aromatic heterocycles. The summed E-state index contributed by atoms with van der Waals surface area (Å²) in [6.07, 6.45) is 0. The van der Waals surface area contributed by atoms with Crippen molar-refractivity contribution in [3.63, 3.8) is 0 Å². The van der Waals surface area contributed by atoms with Crippen molar-refractivity contribution in [2.24, 2.45) is 0 Å². The molecule has 0 aromatic rings. The Morgan fingerprint density at radius 2 is 0.778 bits per heavy atom. The van der Waals surface area contributed by atoms with Gasteiger partial charge in [0.25, 0.3) is 0 Å². The third-order valence-electron chi connectivity index (χ3n) is 1.07. The van der Waals surface area contributed by atoms with Crippen LogP contribution >= 0.6 is 23.7 Å². The van der Waals surface area contributed by atoms with Gasteiger partial charge in [0.1, 0.15) is 0 Å². The molecular weight excluding hydrogens is 456 g/mol. The molecule has 0 aliphatic carbocycles. The van der Waals surface area contributed by atoms with Crippen molar-refractivity contribution in [1.29, 1.82) is 0 Å². The van der Waals surface area contributed by atoms with E-state index >= 15 is 0 Å². The van der Waals surface area contributed by atoms with Crippen LogP contribution in [0.3, 0.4) is 0 Å². The first-order valence-corrected chi connectivity index (χ1v) is 7.75. The van der Waals surface area contributed by atoms with Crippen molar-refractivity contribution < 1.29 is 132 Å². The number of hydrogen-bond donors (Lipinski definition) is 3. The van der Waals surface area contributed by atoms with E-state index in [0.717, 1.165) is 0 Å². The van der Waals surface area contributed by atoms with Crippen molar-refractivity contribution in [2.45, 2.75) is 0 Å². The third kappa shape index (κ3) is 65.8. The van der Waals surface area contributed by atoms with Crippen molar-refractivity contribution in [2.75, 3.05) is 19.6 Å². The maximum absolute atomic E-state index is 9.56. The van der Waals surface area contributed by atoms with Crippen molar-refractivity contribution >= 4 is 41.7 Å². The second-order valence-electron chi connectivity index (χ2n) is 2.79. The zero-order chi connectivity index (χ0) is 19.2. The zero-order valence-corrected chi connectivity index (χ0v) is 23.3. The first-order valence-electron chi connectivity index (χ1n) is 5.31. The van der Waals surface area contributed by atoms with Crippen LogP contribution in [0.4, 0.5) is 0 Å². The Labute approximate surface area is 224 Å². The molecule has 0 atom stereocenters. The topological polar surface area (TPSA) is 208 Å². The Bertz CT molecular complexity index is 623. The number of aliphatic carboxylic acids is 3. The van der Waals surface area contributed by atoms with Gasteiger partial charge < -0.3 is 0 Å². The van der Waals surface area contributed by atoms with Gasteiger partial charge >= 0.3 is 227 Å². The Hall–Kier alpha value is 1.32. The van der Waals surface area contributed by atoms with E-state index in [0.29, 0.717) is 0 Å². The predicted octanol–water partition coefficient (Wildman–Crippen LogP) is -13.4. The Balaban J connectivity index is -0.0000000580. The molecule has 3 N–H and O–H groups in total. The average molecular weight is 465 g/mol. The summed E-state index contributed by atoms with van der Waals surface area (Å²) in [4.78, 5) is 28.7. The minimum atomic E-state index is -1.25. The molecule has 0 aromatic carbocycles. The van der Waals surface area contributed by atoms with Gasteiger partial charge in [0.2, 0.25) is 0 Å². The summed E-state index contributed by atoms with van der Waals surface area (Å²) >= 11 is 0. The summed E-state index contributed by atoms with van der Waals surface area (Å²) in [6, 6.07) is 0. The van der Waals surface area contributed by atoms with Crippen LogP contribution in [0.25, 0.3) is 0 Å². The van der Waals surface area contributed by atoms with E-state index < -0.39 is 17.9 Å². The SMILES string of the molecule is O=P#CNCC(=O)[O-].O=P#CNCC(=O)[O-].O=P#CNCC(=O)[O-].[Na+].[Na+].[Na+]. The average Bonchev–Trinajstić information content (AvgIpc) is 2.48. The molecule has 12 nitrogen and oxygen atoms in total. The molecule has 0 bridgehead atoms. The Morgan fingerprint density at radius 3 is 0.889 bits per heavy atom. The van der Waals surface area contributed by atoms with E-state index in [4.69, 9.17) is 0 Å². The fourth-order valence-electron chi connectivity index (χ4n) is 0.432. The van der Waals surface area contributed by atoms with E-state index in [-0.39, 0.29) is 132 Å². The fourth-order valence-corrected chi connectivity index (χ4v) is 0.863. The molecule has 27 heavy (non-hydrogen) atoms. The number of carbonyl (C=O) groups excluding carboxylic acids is 3. The minimum absolute atomic E-state index is 0. The van der Waals surface area contributed by atoms with Crippen LogP contribution in [0.2, 0.25) is 0 Å². The Morgan fingerprint density at radius 1 is 0.593 bits per heavy atom. The first kappa shape index (κ1) is 42.4. The van der Waals surface area contributed by atoms with E-state index in [2.05, 4.69) is 16.0 Å². The van der Waals surface area contributed by atoms with E-state index in [1.807, 2.05) is 17.3 Å². The molecule has 18 heteroatoms. The van der Waals surface area contributed by atoms with Gasteiger partial charge in [0.15, 0.2) is 0 Å². The monoisotopic (exact) mass is 465 g/mol. The molecule has 0 aliphatic rings. The van der Waals surface area contributed by atoms with E-state index in [1.54, 1.807) is 0 Å². The molecule has 0 spiro atoms. The van der Waals surface area contributed by atoms with Gasteiger partial charge in [-0.3, -0.25) is 0 Å². The second-order valence-corrected chi connectivity index (χ2v) is 4.00. The Kier molecular flexibility index (Phi) is 59.7. The number of nitrogens with one attached hydrogen (secondary N) is 3. The van der Waals surface area contributed by atoms with Crippen LogP contribution in [-0.2, 0) is 28.1 Å². The van der Waals surface area contributed by atoms with Crippen LogP contribution in [0.15, 0.2) is 0 Å². The number of carbonyl (C=O) groups is 3. The molecule has 0 aliphatic heterocycles. The van der Waals surface area contributed by atoms with Gasteiger partial charge in [-0.1, -0.05) is 0 Å². The van der Waals surface area contributed by atoms with Gasteiger partial charge in [-0.2, -0.15) is 0 Å². The predicted molar refractivity (Wildman–Crippen MR) is 73.5 cm³/mol. The number of carboxylic acid groups (broad SMARTS) is 3. The molecular formula is C9H9N3Na3O9P3.